The number of rotatable bonds is 4. The van der Waals surface area contributed by atoms with E-state index >= 15 is 0 Å². The molecule has 0 bridgehead atoms. The van der Waals surface area contributed by atoms with Crippen molar-refractivity contribution in [2.45, 2.75) is 44.2 Å². The fourth-order valence-corrected chi connectivity index (χ4v) is 3.84. The maximum Gasteiger partial charge on any atom is 0.295 e. The van der Waals surface area contributed by atoms with E-state index in [9.17, 15) is 8.78 Å². The molecule has 0 amide bonds. The van der Waals surface area contributed by atoms with Crippen LogP contribution in [-0.2, 0) is 0 Å². The van der Waals surface area contributed by atoms with E-state index in [4.69, 9.17) is 12.3 Å². The average molecular weight is 383 g/mol. The molecule has 3 aromatic rings. The Balaban J connectivity index is 1.60. The summed E-state index contributed by atoms with van der Waals surface area (Å²) in [5.74, 6) is 0.222. The van der Waals surface area contributed by atoms with Gasteiger partial charge < -0.3 is 15.6 Å². The number of aromatic nitrogens is 4. The highest BCUT2D eigenvalue weighted by Gasteiger charge is 2.29. The first-order valence-electron chi connectivity index (χ1n) is 9.06. The number of benzene rings is 1. The number of halogens is 2. The van der Waals surface area contributed by atoms with Crippen molar-refractivity contribution in [2.24, 2.45) is 0 Å². The topological polar surface area (TPSA) is 86.0 Å². The number of nitrogens with zero attached hydrogens (tertiary/aromatic N) is 5. The molecule has 0 saturated heterocycles. The molecule has 0 aliphatic heterocycles. The Morgan fingerprint density at radius 2 is 2.04 bits per heavy atom. The summed E-state index contributed by atoms with van der Waals surface area (Å²) in [6.45, 7) is 6.95. The second-order valence-electron chi connectivity index (χ2n) is 6.93. The average Bonchev–Trinajstić information content (AvgIpc) is 3.07. The molecule has 1 aliphatic rings. The predicted octanol–water partition coefficient (Wildman–Crippen LogP) is 4.49. The highest BCUT2D eigenvalue weighted by Crippen LogP contribution is 2.36. The minimum absolute atomic E-state index is 0.0503. The molecule has 1 fully saturated rings. The smallest absolute Gasteiger partial charge is 0.295 e. The molecular formula is C19H19F2N7. The molecule has 28 heavy (non-hydrogen) atoms. The first-order valence-corrected chi connectivity index (χ1v) is 9.06. The Hall–Kier alpha value is -3.28. The second-order valence-corrected chi connectivity index (χ2v) is 6.93. The Morgan fingerprint density at radius 1 is 1.25 bits per heavy atom. The summed E-state index contributed by atoms with van der Waals surface area (Å²) < 4.78 is 29.0. The van der Waals surface area contributed by atoms with Crippen LogP contribution in [0.3, 0.4) is 0 Å². The molecule has 7 nitrogen and oxygen atoms in total. The number of hydrogen-bond acceptors (Lipinski definition) is 5. The highest BCUT2D eigenvalue weighted by atomic mass is 19.3. The van der Waals surface area contributed by atoms with Gasteiger partial charge in [-0.05, 0) is 43.9 Å². The molecule has 1 aliphatic carbocycles. The molecule has 2 atom stereocenters. The van der Waals surface area contributed by atoms with E-state index in [0.717, 1.165) is 19.3 Å². The molecule has 0 unspecified atom stereocenters. The summed E-state index contributed by atoms with van der Waals surface area (Å²) in [6, 6.07) is 5.04. The summed E-state index contributed by atoms with van der Waals surface area (Å²) >= 11 is 0. The van der Waals surface area contributed by atoms with Crippen LogP contribution >= 0.6 is 0 Å². The predicted molar refractivity (Wildman–Crippen MR) is 102 cm³/mol. The summed E-state index contributed by atoms with van der Waals surface area (Å²) in [7, 11) is 0. The van der Waals surface area contributed by atoms with Gasteiger partial charge in [0.15, 0.2) is 5.82 Å². The minimum atomic E-state index is -2.66. The number of nitrogens with two attached hydrogens (primary N) is 1. The number of nitrogen functional groups attached to an aromatic ring is 1. The van der Waals surface area contributed by atoms with Gasteiger partial charge in [-0.15, -0.1) is 0 Å². The van der Waals surface area contributed by atoms with Crippen molar-refractivity contribution in [1.29, 1.82) is 0 Å². The van der Waals surface area contributed by atoms with Crippen LogP contribution in [0, 0.1) is 6.57 Å². The fourth-order valence-electron chi connectivity index (χ4n) is 3.84. The van der Waals surface area contributed by atoms with Crippen LogP contribution in [0.2, 0.25) is 0 Å². The van der Waals surface area contributed by atoms with E-state index in [0.29, 0.717) is 34.8 Å². The third-order valence-corrected chi connectivity index (χ3v) is 5.05. The number of alkyl halides is 2. The monoisotopic (exact) mass is 383 g/mol. The van der Waals surface area contributed by atoms with Gasteiger partial charge in [0.1, 0.15) is 0 Å². The van der Waals surface area contributed by atoms with Gasteiger partial charge in [0.05, 0.1) is 17.6 Å². The first-order chi connectivity index (χ1) is 13.5. The van der Waals surface area contributed by atoms with Crippen molar-refractivity contribution in [2.75, 3.05) is 11.1 Å². The van der Waals surface area contributed by atoms with Gasteiger partial charge in [-0.1, -0.05) is 0 Å². The van der Waals surface area contributed by atoms with Gasteiger partial charge in [0.25, 0.3) is 6.43 Å². The standard InChI is InChI=1S/C19H19F2N7/c1-23-13-9-24-19(25-10-13)26-12-3-2-4-14(8-12)28-16-6-5-11(22)7-15(16)27-18(28)17(20)21/h5-7,9-10,12,14,17H,2-4,8,22H2,(H,24,25,26)/t12-,14+/m1/s1. The van der Waals surface area contributed by atoms with Gasteiger partial charge in [-0.25, -0.2) is 28.6 Å². The molecule has 1 saturated carbocycles. The minimum Gasteiger partial charge on any atom is -0.399 e. The number of anilines is 2. The van der Waals surface area contributed by atoms with Crippen molar-refractivity contribution in [3.8, 4) is 0 Å². The number of hydrogen-bond donors (Lipinski definition) is 2. The summed E-state index contributed by atoms with van der Waals surface area (Å²) in [5.41, 5.74) is 7.82. The van der Waals surface area contributed by atoms with Crippen molar-refractivity contribution >= 4 is 28.4 Å². The summed E-state index contributed by atoms with van der Waals surface area (Å²) in [6.07, 6.45) is 3.51. The maximum absolute atomic E-state index is 13.7. The van der Waals surface area contributed by atoms with Crippen LogP contribution in [0.1, 0.15) is 44.0 Å². The van der Waals surface area contributed by atoms with Crippen LogP contribution in [0.5, 0.6) is 0 Å². The number of fused-ring (bicyclic) bond motifs is 1. The molecule has 4 rings (SSSR count). The summed E-state index contributed by atoms with van der Waals surface area (Å²) in [5, 5.41) is 3.26. The lowest BCUT2D eigenvalue weighted by atomic mass is 9.90. The van der Waals surface area contributed by atoms with E-state index in [-0.39, 0.29) is 17.9 Å². The van der Waals surface area contributed by atoms with E-state index in [1.807, 2.05) is 0 Å². The van der Waals surface area contributed by atoms with Crippen molar-refractivity contribution < 1.29 is 8.78 Å². The molecule has 1 aromatic carbocycles. The van der Waals surface area contributed by atoms with E-state index < -0.39 is 6.43 Å². The Morgan fingerprint density at radius 3 is 2.75 bits per heavy atom. The zero-order valence-electron chi connectivity index (χ0n) is 15.0. The van der Waals surface area contributed by atoms with Gasteiger partial charge in [-0.2, -0.15) is 0 Å². The van der Waals surface area contributed by atoms with Crippen molar-refractivity contribution in [3.63, 3.8) is 0 Å². The van der Waals surface area contributed by atoms with Crippen LogP contribution in [0.15, 0.2) is 30.6 Å². The Bertz CT molecular complexity index is 1020. The second kappa shape index (κ2) is 7.38. The lowest BCUT2D eigenvalue weighted by molar-refractivity contribution is 0.130. The maximum atomic E-state index is 13.7. The van der Waals surface area contributed by atoms with Gasteiger partial charge in [0.2, 0.25) is 11.6 Å². The van der Waals surface area contributed by atoms with Gasteiger partial charge >= 0.3 is 0 Å². The zero-order chi connectivity index (χ0) is 19.7. The third kappa shape index (κ3) is 3.45. The van der Waals surface area contributed by atoms with E-state index in [1.165, 1.54) is 12.4 Å². The third-order valence-electron chi connectivity index (χ3n) is 5.05. The molecule has 3 N–H and O–H groups in total. The van der Waals surface area contributed by atoms with Gasteiger partial charge in [-0.3, -0.25) is 0 Å². The molecule has 144 valence electrons. The summed E-state index contributed by atoms with van der Waals surface area (Å²) in [4.78, 5) is 15.7. The zero-order valence-corrected chi connectivity index (χ0v) is 15.0. The lowest BCUT2D eigenvalue weighted by Crippen LogP contribution is -2.30. The van der Waals surface area contributed by atoms with Gasteiger partial charge in [0, 0.05) is 30.2 Å². The molecule has 0 radical (unpaired) electrons. The molecule has 2 heterocycles. The lowest BCUT2D eigenvalue weighted by Gasteiger charge is -2.32. The Kier molecular flexibility index (Phi) is 4.77. The number of nitrogens with one attached hydrogen (secondary N) is 1. The van der Waals surface area contributed by atoms with E-state index in [1.54, 1.807) is 22.8 Å². The quantitative estimate of drug-likeness (QED) is 0.512. The largest absolute Gasteiger partial charge is 0.399 e. The first kappa shape index (κ1) is 18.1. The molecular weight excluding hydrogens is 364 g/mol. The van der Waals surface area contributed by atoms with Crippen molar-refractivity contribution in [1.82, 2.24) is 19.5 Å². The molecule has 2 aromatic heterocycles. The highest BCUT2D eigenvalue weighted by molar-refractivity contribution is 5.80. The van der Waals surface area contributed by atoms with Crippen LogP contribution in [0.25, 0.3) is 15.9 Å². The molecule has 0 spiro atoms. The normalized spacial score (nSPS) is 19.6. The Labute approximate surface area is 160 Å². The van der Waals surface area contributed by atoms with Crippen LogP contribution in [0.4, 0.5) is 26.1 Å². The van der Waals surface area contributed by atoms with E-state index in [2.05, 4.69) is 25.1 Å². The molecule has 9 heteroatoms. The fraction of sp³-hybridized carbons (Fsp3) is 0.368. The van der Waals surface area contributed by atoms with Crippen LogP contribution < -0.4 is 11.1 Å². The SMILES string of the molecule is [C-]#[N+]c1cnc(N[C@@H]2CCC[C@H](n3c(C(F)F)nc4cc(N)ccc43)C2)nc1. The van der Waals surface area contributed by atoms with Crippen molar-refractivity contribution in [3.05, 3.63) is 47.8 Å². The number of imidazole rings is 1. The van der Waals surface area contributed by atoms with Crippen LogP contribution in [-0.4, -0.2) is 25.6 Å².